The monoisotopic (exact) mass is 178 g/mol. The molecule has 0 N–H and O–H groups in total. The molecule has 0 aliphatic carbocycles. The molecule has 70 valence electrons. The second kappa shape index (κ2) is 5.36. The normalized spacial score (nSPS) is 10.8. The molecule has 0 aromatic carbocycles. The number of carbonyl (C=O) groups excluding carboxylic acids is 1. The molecule has 13 heavy (non-hydrogen) atoms. The lowest BCUT2D eigenvalue weighted by atomic mass is 10.1. The average molecular weight is 178 g/mol. The smallest absolute Gasteiger partial charge is 0.155 e. The number of ketones is 1. The lowest BCUT2D eigenvalue weighted by molar-refractivity contribution is -0.114. The van der Waals surface area contributed by atoms with Gasteiger partial charge in [0.1, 0.15) is 0 Å². The summed E-state index contributed by atoms with van der Waals surface area (Å²) in [7, 11) is 0. The van der Waals surface area contributed by atoms with Gasteiger partial charge in [0.15, 0.2) is 5.78 Å². The molecular formula is C11H14O2. The predicted molar refractivity (Wildman–Crippen MR) is 52.3 cm³/mol. The fraction of sp³-hybridized carbons (Fsp3) is 0.364. The van der Waals surface area contributed by atoms with Crippen LogP contribution >= 0.6 is 0 Å². The molecule has 0 spiro atoms. The zero-order chi connectivity index (χ0) is 9.52. The first-order valence-electron chi connectivity index (χ1n) is 4.56. The zero-order valence-electron chi connectivity index (χ0n) is 7.82. The van der Waals surface area contributed by atoms with Crippen LogP contribution in [-0.4, -0.2) is 5.78 Å². The topological polar surface area (TPSA) is 30.2 Å². The van der Waals surface area contributed by atoms with E-state index in [1.54, 1.807) is 24.7 Å². The third-order valence-corrected chi connectivity index (χ3v) is 1.78. The van der Waals surface area contributed by atoms with Gasteiger partial charge in [0.05, 0.1) is 12.5 Å². The minimum atomic E-state index is 0.183. The predicted octanol–water partition coefficient (Wildman–Crippen LogP) is 3.05. The molecule has 0 amide bonds. The lowest BCUT2D eigenvalue weighted by Gasteiger charge is -1.90. The maximum absolute atomic E-state index is 11.2. The van der Waals surface area contributed by atoms with Crippen molar-refractivity contribution in [1.82, 2.24) is 0 Å². The minimum absolute atomic E-state index is 0.183. The molecule has 0 bridgehead atoms. The van der Waals surface area contributed by atoms with Crippen LogP contribution in [0.3, 0.4) is 0 Å². The van der Waals surface area contributed by atoms with Crippen molar-refractivity contribution in [3.63, 3.8) is 0 Å². The van der Waals surface area contributed by atoms with Crippen LogP contribution in [0.4, 0.5) is 0 Å². The number of carbonyl (C=O) groups is 1. The van der Waals surface area contributed by atoms with E-state index in [2.05, 4.69) is 6.92 Å². The Hall–Kier alpha value is -1.31. The molecule has 1 rings (SSSR count). The molecule has 0 radical (unpaired) electrons. The highest BCUT2D eigenvalue weighted by molar-refractivity contribution is 5.93. The molecular weight excluding hydrogens is 164 g/mol. The first kappa shape index (κ1) is 9.78. The van der Waals surface area contributed by atoms with E-state index in [4.69, 9.17) is 4.42 Å². The SMILES string of the molecule is CCCCC(=O)/C=C/c1ccoc1. The van der Waals surface area contributed by atoms with Crippen molar-refractivity contribution in [3.8, 4) is 0 Å². The quantitative estimate of drug-likeness (QED) is 0.648. The summed E-state index contributed by atoms with van der Waals surface area (Å²) >= 11 is 0. The van der Waals surface area contributed by atoms with E-state index in [0.717, 1.165) is 18.4 Å². The molecule has 2 nitrogen and oxygen atoms in total. The Kier molecular flexibility index (Phi) is 4.03. The third kappa shape index (κ3) is 3.74. The zero-order valence-corrected chi connectivity index (χ0v) is 7.82. The van der Waals surface area contributed by atoms with Crippen molar-refractivity contribution in [2.24, 2.45) is 0 Å². The van der Waals surface area contributed by atoms with Gasteiger partial charge in [-0.2, -0.15) is 0 Å². The van der Waals surface area contributed by atoms with E-state index in [9.17, 15) is 4.79 Å². The first-order chi connectivity index (χ1) is 6.33. The Morgan fingerprint density at radius 1 is 1.62 bits per heavy atom. The van der Waals surface area contributed by atoms with Crippen LogP contribution in [0.25, 0.3) is 6.08 Å². The molecule has 0 atom stereocenters. The summed E-state index contributed by atoms with van der Waals surface area (Å²) in [5.41, 5.74) is 0.935. The van der Waals surface area contributed by atoms with Crippen LogP contribution in [0.2, 0.25) is 0 Å². The van der Waals surface area contributed by atoms with Gasteiger partial charge in [-0.3, -0.25) is 4.79 Å². The van der Waals surface area contributed by atoms with Crippen LogP contribution in [0.1, 0.15) is 31.7 Å². The highest BCUT2D eigenvalue weighted by Crippen LogP contribution is 2.03. The largest absolute Gasteiger partial charge is 0.472 e. The molecule has 0 unspecified atom stereocenters. The number of hydrogen-bond donors (Lipinski definition) is 0. The van der Waals surface area contributed by atoms with Crippen molar-refractivity contribution in [3.05, 3.63) is 30.2 Å². The summed E-state index contributed by atoms with van der Waals surface area (Å²) in [6, 6.07) is 1.82. The third-order valence-electron chi connectivity index (χ3n) is 1.78. The molecule has 1 aromatic rings. The molecule has 0 saturated carbocycles. The highest BCUT2D eigenvalue weighted by Gasteiger charge is 1.95. The number of rotatable bonds is 5. The summed E-state index contributed by atoms with van der Waals surface area (Å²) in [6.07, 6.45) is 9.27. The maximum Gasteiger partial charge on any atom is 0.155 e. The van der Waals surface area contributed by atoms with Gasteiger partial charge in [-0.05, 0) is 24.6 Å². The summed E-state index contributed by atoms with van der Waals surface area (Å²) in [4.78, 5) is 11.2. The second-order valence-corrected chi connectivity index (χ2v) is 2.96. The van der Waals surface area contributed by atoms with Crippen LogP contribution in [0.5, 0.6) is 0 Å². The summed E-state index contributed by atoms with van der Waals surface area (Å²) in [6.45, 7) is 2.08. The van der Waals surface area contributed by atoms with Gasteiger partial charge in [0, 0.05) is 12.0 Å². The van der Waals surface area contributed by atoms with Crippen LogP contribution < -0.4 is 0 Å². The Balaban J connectivity index is 2.35. The van der Waals surface area contributed by atoms with Gasteiger partial charge >= 0.3 is 0 Å². The van der Waals surface area contributed by atoms with Gasteiger partial charge in [-0.25, -0.2) is 0 Å². The molecule has 2 heteroatoms. The van der Waals surface area contributed by atoms with Crippen molar-refractivity contribution in [1.29, 1.82) is 0 Å². The molecule has 1 aromatic heterocycles. The van der Waals surface area contributed by atoms with E-state index >= 15 is 0 Å². The van der Waals surface area contributed by atoms with E-state index in [0.29, 0.717) is 6.42 Å². The molecule has 0 fully saturated rings. The van der Waals surface area contributed by atoms with Gasteiger partial charge < -0.3 is 4.42 Å². The van der Waals surface area contributed by atoms with Crippen molar-refractivity contribution in [2.75, 3.05) is 0 Å². The van der Waals surface area contributed by atoms with E-state index in [-0.39, 0.29) is 5.78 Å². The fourth-order valence-electron chi connectivity index (χ4n) is 0.993. The minimum Gasteiger partial charge on any atom is -0.472 e. The molecule has 0 aliphatic heterocycles. The Morgan fingerprint density at radius 2 is 2.46 bits per heavy atom. The van der Waals surface area contributed by atoms with Crippen molar-refractivity contribution >= 4 is 11.9 Å². The molecule has 0 saturated heterocycles. The van der Waals surface area contributed by atoms with Gasteiger partial charge in [0.2, 0.25) is 0 Å². The van der Waals surface area contributed by atoms with Crippen LogP contribution in [0.15, 0.2) is 29.1 Å². The van der Waals surface area contributed by atoms with Gasteiger partial charge in [0.25, 0.3) is 0 Å². The summed E-state index contributed by atoms with van der Waals surface area (Å²) in [5.74, 6) is 0.183. The number of hydrogen-bond acceptors (Lipinski definition) is 2. The number of furan rings is 1. The van der Waals surface area contributed by atoms with Crippen LogP contribution in [0, 0.1) is 0 Å². The van der Waals surface area contributed by atoms with Gasteiger partial charge in [-0.1, -0.05) is 13.3 Å². The van der Waals surface area contributed by atoms with Crippen molar-refractivity contribution in [2.45, 2.75) is 26.2 Å². The fourth-order valence-corrected chi connectivity index (χ4v) is 0.993. The summed E-state index contributed by atoms with van der Waals surface area (Å²) < 4.78 is 4.87. The van der Waals surface area contributed by atoms with Gasteiger partial charge in [-0.15, -0.1) is 0 Å². The average Bonchev–Trinajstić information content (AvgIpc) is 2.64. The van der Waals surface area contributed by atoms with E-state index in [1.807, 2.05) is 6.07 Å². The number of allylic oxidation sites excluding steroid dienone is 1. The summed E-state index contributed by atoms with van der Waals surface area (Å²) in [5, 5.41) is 0. The van der Waals surface area contributed by atoms with E-state index in [1.165, 1.54) is 0 Å². The van der Waals surface area contributed by atoms with Crippen LogP contribution in [-0.2, 0) is 4.79 Å². The Morgan fingerprint density at radius 3 is 3.08 bits per heavy atom. The second-order valence-electron chi connectivity index (χ2n) is 2.96. The molecule has 0 aliphatic rings. The highest BCUT2D eigenvalue weighted by atomic mass is 16.3. The maximum atomic E-state index is 11.2. The van der Waals surface area contributed by atoms with E-state index < -0.39 is 0 Å². The standard InChI is InChI=1S/C11H14O2/c1-2-3-4-11(12)6-5-10-7-8-13-9-10/h5-9H,2-4H2,1H3/b6-5+. The number of unbranched alkanes of at least 4 members (excludes halogenated alkanes) is 1. The molecule has 1 heterocycles. The first-order valence-corrected chi connectivity index (χ1v) is 4.56. The van der Waals surface area contributed by atoms with Crippen molar-refractivity contribution < 1.29 is 9.21 Å². The Bertz CT molecular complexity index is 270. The Labute approximate surface area is 78.3 Å². The lowest BCUT2D eigenvalue weighted by Crippen LogP contribution is -1.90.